The van der Waals surface area contributed by atoms with Gasteiger partial charge in [0.1, 0.15) is 0 Å². The van der Waals surface area contributed by atoms with Gasteiger partial charge in [-0.1, -0.05) is 20.3 Å². The fourth-order valence-corrected chi connectivity index (χ4v) is 1.09. The zero-order valence-electron chi connectivity index (χ0n) is 7.26. The summed E-state index contributed by atoms with van der Waals surface area (Å²) >= 11 is 3.89. The molecule has 0 fully saturated rings. The fraction of sp³-hybridized carbons (Fsp3) is 0.875. The first kappa shape index (κ1) is 10.8. The fourth-order valence-electron chi connectivity index (χ4n) is 1.00. The van der Waals surface area contributed by atoms with Gasteiger partial charge in [0.25, 0.3) is 0 Å². The van der Waals surface area contributed by atoms with Crippen molar-refractivity contribution < 1.29 is 4.79 Å². The lowest BCUT2D eigenvalue weighted by Crippen LogP contribution is -2.34. The Morgan fingerprint density at radius 1 is 1.55 bits per heavy atom. The Labute approximate surface area is 74.2 Å². The third-order valence-corrected chi connectivity index (χ3v) is 1.93. The number of nitrogens with one attached hydrogen (secondary N) is 1. The van der Waals surface area contributed by atoms with Gasteiger partial charge in [-0.2, -0.15) is 12.6 Å². The molecule has 0 rings (SSSR count). The molecule has 1 amide bonds. The predicted molar refractivity (Wildman–Crippen MR) is 51.0 cm³/mol. The molecule has 0 aromatic rings. The molecular formula is C8H17NOS. The average Bonchev–Trinajstić information content (AvgIpc) is 2.03. The molecule has 0 heterocycles. The van der Waals surface area contributed by atoms with Crippen LogP contribution in [-0.2, 0) is 4.79 Å². The summed E-state index contributed by atoms with van der Waals surface area (Å²) in [5, 5.41) is 2.90. The summed E-state index contributed by atoms with van der Waals surface area (Å²) in [6.45, 7) is 4.20. The Morgan fingerprint density at radius 3 is 2.55 bits per heavy atom. The highest BCUT2D eigenvalue weighted by Crippen LogP contribution is 2.00. The van der Waals surface area contributed by atoms with Gasteiger partial charge in [0.05, 0.1) is 5.75 Å². The van der Waals surface area contributed by atoms with Crippen molar-refractivity contribution in [2.75, 3.05) is 5.75 Å². The SMILES string of the molecule is CCCC(CC)NC(=O)CS. The molecule has 0 saturated heterocycles. The lowest BCUT2D eigenvalue weighted by molar-refractivity contribution is -0.119. The van der Waals surface area contributed by atoms with E-state index in [1.54, 1.807) is 0 Å². The second-order valence-electron chi connectivity index (χ2n) is 2.62. The molecule has 0 saturated carbocycles. The van der Waals surface area contributed by atoms with Crippen molar-refractivity contribution in [2.24, 2.45) is 0 Å². The van der Waals surface area contributed by atoms with Crippen LogP contribution in [0, 0.1) is 0 Å². The number of carbonyl (C=O) groups excluding carboxylic acids is 1. The van der Waals surface area contributed by atoms with Crippen LogP contribution in [0.1, 0.15) is 33.1 Å². The summed E-state index contributed by atoms with van der Waals surface area (Å²) in [6.07, 6.45) is 3.19. The van der Waals surface area contributed by atoms with E-state index in [0.717, 1.165) is 19.3 Å². The molecule has 0 aromatic carbocycles. The van der Waals surface area contributed by atoms with Gasteiger partial charge in [0, 0.05) is 6.04 Å². The Kier molecular flexibility index (Phi) is 6.42. The normalized spacial score (nSPS) is 12.6. The number of hydrogen-bond donors (Lipinski definition) is 2. The van der Waals surface area contributed by atoms with E-state index in [4.69, 9.17) is 0 Å². The highest BCUT2D eigenvalue weighted by Gasteiger charge is 2.06. The molecule has 0 aromatic heterocycles. The van der Waals surface area contributed by atoms with E-state index in [1.807, 2.05) is 0 Å². The molecule has 66 valence electrons. The predicted octanol–water partition coefficient (Wildman–Crippen LogP) is 1.61. The minimum Gasteiger partial charge on any atom is -0.353 e. The summed E-state index contributed by atoms with van der Waals surface area (Å²) in [5.74, 6) is 0.328. The molecule has 1 atom stereocenters. The van der Waals surface area contributed by atoms with Gasteiger partial charge in [0.15, 0.2) is 0 Å². The maximum atomic E-state index is 10.9. The first-order valence-electron chi connectivity index (χ1n) is 4.14. The molecule has 0 aliphatic carbocycles. The maximum Gasteiger partial charge on any atom is 0.229 e. The van der Waals surface area contributed by atoms with Crippen LogP contribution in [0.25, 0.3) is 0 Å². The van der Waals surface area contributed by atoms with Crippen molar-refractivity contribution >= 4 is 18.5 Å². The Balaban J connectivity index is 3.58. The van der Waals surface area contributed by atoms with Gasteiger partial charge in [0.2, 0.25) is 5.91 Å². The first-order chi connectivity index (χ1) is 5.24. The topological polar surface area (TPSA) is 29.1 Å². The van der Waals surface area contributed by atoms with E-state index in [9.17, 15) is 4.79 Å². The van der Waals surface area contributed by atoms with Gasteiger partial charge in [-0.25, -0.2) is 0 Å². The quantitative estimate of drug-likeness (QED) is 0.611. The number of rotatable bonds is 5. The summed E-state index contributed by atoms with van der Waals surface area (Å²) in [6, 6.07) is 0.347. The number of thiol groups is 1. The van der Waals surface area contributed by atoms with Crippen molar-refractivity contribution in [3.8, 4) is 0 Å². The Hall–Kier alpha value is -0.180. The second-order valence-corrected chi connectivity index (χ2v) is 2.94. The molecule has 0 spiro atoms. The Morgan fingerprint density at radius 2 is 2.18 bits per heavy atom. The molecule has 0 bridgehead atoms. The number of amides is 1. The van der Waals surface area contributed by atoms with Crippen LogP contribution in [0.3, 0.4) is 0 Å². The van der Waals surface area contributed by atoms with Crippen molar-refractivity contribution in [1.82, 2.24) is 5.32 Å². The van der Waals surface area contributed by atoms with Crippen molar-refractivity contribution in [1.29, 1.82) is 0 Å². The van der Waals surface area contributed by atoms with E-state index >= 15 is 0 Å². The van der Waals surface area contributed by atoms with Crippen molar-refractivity contribution in [3.63, 3.8) is 0 Å². The van der Waals surface area contributed by atoms with E-state index < -0.39 is 0 Å². The first-order valence-corrected chi connectivity index (χ1v) is 4.78. The molecule has 0 aliphatic rings. The van der Waals surface area contributed by atoms with Gasteiger partial charge < -0.3 is 5.32 Å². The maximum absolute atomic E-state index is 10.9. The Bertz CT molecular complexity index is 117. The second kappa shape index (κ2) is 6.53. The zero-order valence-corrected chi connectivity index (χ0v) is 8.16. The minimum absolute atomic E-state index is 0.0358. The van der Waals surface area contributed by atoms with Crippen LogP contribution >= 0.6 is 12.6 Å². The van der Waals surface area contributed by atoms with Crippen molar-refractivity contribution in [3.05, 3.63) is 0 Å². The third-order valence-electron chi connectivity index (χ3n) is 1.64. The van der Waals surface area contributed by atoms with Gasteiger partial charge in [-0.15, -0.1) is 0 Å². The molecule has 11 heavy (non-hydrogen) atoms. The number of carbonyl (C=O) groups is 1. The summed E-state index contributed by atoms with van der Waals surface area (Å²) in [4.78, 5) is 10.9. The standard InChI is InChI=1S/C8H17NOS/c1-3-5-7(4-2)9-8(10)6-11/h7,11H,3-6H2,1-2H3,(H,9,10). The van der Waals surface area contributed by atoms with Crippen LogP contribution in [0.4, 0.5) is 0 Å². The van der Waals surface area contributed by atoms with E-state index in [2.05, 4.69) is 31.8 Å². The molecule has 2 nitrogen and oxygen atoms in total. The molecule has 1 unspecified atom stereocenters. The average molecular weight is 175 g/mol. The minimum atomic E-state index is 0.0358. The molecule has 0 radical (unpaired) electrons. The van der Waals surface area contributed by atoms with Crippen molar-refractivity contribution in [2.45, 2.75) is 39.2 Å². The highest BCUT2D eigenvalue weighted by molar-refractivity contribution is 7.81. The van der Waals surface area contributed by atoms with Crippen LogP contribution in [0.15, 0.2) is 0 Å². The lowest BCUT2D eigenvalue weighted by atomic mass is 10.1. The van der Waals surface area contributed by atoms with E-state index in [-0.39, 0.29) is 5.91 Å². The van der Waals surface area contributed by atoms with Gasteiger partial charge in [-0.3, -0.25) is 4.79 Å². The van der Waals surface area contributed by atoms with Crippen LogP contribution in [-0.4, -0.2) is 17.7 Å². The summed E-state index contributed by atoms with van der Waals surface area (Å²) < 4.78 is 0. The molecular weight excluding hydrogens is 158 g/mol. The largest absolute Gasteiger partial charge is 0.353 e. The van der Waals surface area contributed by atoms with Gasteiger partial charge >= 0.3 is 0 Å². The van der Waals surface area contributed by atoms with Gasteiger partial charge in [-0.05, 0) is 12.8 Å². The highest BCUT2D eigenvalue weighted by atomic mass is 32.1. The summed E-state index contributed by atoms with van der Waals surface area (Å²) in [5.41, 5.74) is 0. The molecule has 3 heteroatoms. The van der Waals surface area contributed by atoms with E-state index in [1.165, 1.54) is 0 Å². The zero-order chi connectivity index (χ0) is 8.69. The van der Waals surface area contributed by atoms with Crippen LogP contribution < -0.4 is 5.32 Å². The molecule has 1 N–H and O–H groups in total. The van der Waals surface area contributed by atoms with Crippen LogP contribution in [0.2, 0.25) is 0 Å². The summed E-state index contributed by atoms with van der Waals surface area (Å²) in [7, 11) is 0. The smallest absolute Gasteiger partial charge is 0.229 e. The number of hydrogen-bond acceptors (Lipinski definition) is 2. The van der Waals surface area contributed by atoms with E-state index in [0.29, 0.717) is 11.8 Å². The van der Waals surface area contributed by atoms with Crippen LogP contribution in [0.5, 0.6) is 0 Å². The lowest BCUT2D eigenvalue weighted by Gasteiger charge is -2.14. The monoisotopic (exact) mass is 175 g/mol. The molecule has 0 aliphatic heterocycles. The third kappa shape index (κ3) is 5.13.